The number of hydrogen-bond acceptors (Lipinski definition) is 5. The Bertz CT molecular complexity index is 395. The number of ether oxygens (including phenoxy) is 1. The standard InChI is InChI=1S/C11H20N2O4S/c12-5-10-7-13(11(14)8-17-10)6-9-1-3-18(15,16)4-2-9/h9-10H,1-8,12H2. The SMILES string of the molecule is NCC1CN(CC2CCS(=O)(=O)CC2)C(=O)CO1. The van der Waals surface area contributed by atoms with E-state index in [1.54, 1.807) is 4.90 Å². The zero-order chi connectivity index (χ0) is 13.2. The topological polar surface area (TPSA) is 89.7 Å². The van der Waals surface area contributed by atoms with Gasteiger partial charge in [0.15, 0.2) is 0 Å². The molecule has 2 saturated heterocycles. The van der Waals surface area contributed by atoms with Crippen LogP contribution in [-0.2, 0) is 19.4 Å². The van der Waals surface area contributed by atoms with Crippen LogP contribution in [0, 0.1) is 5.92 Å². The molecule has 0 aromatic carbocycles. The second kappa shape index (κ2) is 5.54. The molecule has 0 radical (unpaired) electrons. The van der Waals surface area contributed by atoms with Gasteiger partial charge < -0.3 is 15.4 Å². The van der Waals surface area contributed by atoms with Crippen LogP contribution in [-0.4, -0.2) is 63.1 Å². The van der Waals surface area contributed by atoms with E-state index in [0.29, 0.717) is 32.5 Å². The third-order valence-electron chi connectivity index (χ3n) is 3.63. The van der Waals surface area contributed by atoms with Crippen molar-refractivity contribution < 1.29 is 17.9 Å². The van der Waals surface area contributed by atoms with Crippen molar-refractivity contribution in [2.45, 2.75) is 18.9 Å². The highest BCUT2D eigenvalue weighted by Gasteiger charge is 2.30. The fraction of sp³-hybridized carbons (Fsp3) is 0.909. The van der Waals surface area contributed by atoms with E-state index in [1.165, 1.54) is 0 Å². The summed E-state index contributed by atoms with van der Waals surface area (Å²) in [5.74, 6) is 0.759. The Hall–Kier alpha value is -0.660. The van der Waals surface area contributed by atoms with Crippen molar-refractivity contribution in [2.75, 3.05) is 37.7 Å². The normalized spacial score (nSPS) is 29.5. The second-order valence-electron chi connectivity index (χ2n) is 5.06. The highest BCUT2D eigenvalue weighted by molar-refractivity contribution is 7.91. The van der Waals surface area contributed by atoms with Gasteiger partial charge in [0.05, 0.1) is 17.6 Å². The first kappa shape index (κ1) is 13.8. The second-order valence-corrected chi connectivity index (χ2v) is 7.37. The molecule has 2 aliphatic rings. The first-order chi connectivity index (χ1) is 8.50. The van der Waals surface area contributed by atoms with Crippen molar-refractivity contribution in [1.82, 2.24) is 4.90 Å². The molecule has 6 nitrogen and oxygen atoms in total. The van der Waals surface area contributed by atoms with Gasteiger partial charge in [-0.3, -0.25) is 4.79 Å². The summed E-state index contributed by atoms with van der Waals surface area (Å²) in [6.07, 6.45) is 1.22. The maximum atomic E-state index is 11.7. The van der Waals surface area contributed by atoms with Gasteiger partial charge in [0, 0.05) is 19.6 Å². The molecule has 104 valence electrons. The van der Waals surface area contributed by atoms with Crippen molar-refractivity contribution >= 4 is 15.7 Å². The zero-order valence-corrected chi connectivity index (χ0v) is 11.2. The monoisotopic (exact) mass is 276 g/mol. The Morgan fingerprint density at radius 3 is 2.61 bits per heavy atom. The Morgan fingerprint density at radius 1 is 1.33 bits per heavy atom. The molecule has 2 rings (SSSR count). The highest BCUT2D eigenvalue weighted by Crippen LogP contribution is 2.21. The maximum Gasteiger partial charge on any atom is 0.248 e. The lowest BCUT2D eigenvalue weighted by Crippen LogP contribution is -2.51. The zero-order valence-electron chi connectivity index (χ0n) is 10.4. The lowest BCUT2D eigenvalue weighted by molar-refractivity contribution is -0.149. The average Bonchev–Trinajstić information content (AvgIpc) is 2.34. The molecule has 0 saturated carbocycles. The summed E-state index contributed by atoms with van der Waals surface area (Å²) in [7, 11) is -2.83. The minimum absolute atomic E-state index is 0.0202. The van der Waals surface area contributed by atoms with E-state index < -0.39 is 9.84 Å². The third kappa shape index (κ3) is 3.43. The molecule has 0 aromatic rings. The number of nitrogens with two attached hydrogens (primary N) is 1. The molecule has 7 heteroatoms. The van der Waals surface area contributed by atoms with E-state index in [1.807, 2.05) is 0 Å². The number of nitrogens with zero attached hydrogens (tertiary/aromatic N) is 1. The van der Waals surface area contributed by atoms with Crippen LogP contribution in [0.15, 0.2) is 0 Å². The molecule has 1 atom stereocenters. The van der Waals surface area contributed by atoms with Gasteiger partial charge in [0.25, 0.3) is 0 Å². The molecule has 18 heavy (non-hydrogen) atoms. The summed E-state index contributed by atoms with van der Waals surface area (Å²) in [4.78, 5) is 13.5. The Kier molecular flexibility index (Phi) is 4.24. The maximum absolute atomic E-state index is 11.7. The van der Waals surface area contributed by atoms with Gasteiger partial charge in [0.1, 0.15) is 16.4 Å². The first-order valence-electron chi connectivity index (χ1n) is 6.30. The highest BCUT2D eigenvalue weighted by atomic mass is 32.2. The van der Waals surface area contributed by atoms with Crippen LogP contribution < -0.4 is 5.73 Å². The molecule has 1 unspecified atom stereocenters. The van der Waals surface area contributed by atoms with Crippen molar-refractivity contribution in [2.24, 2.45) is 11.7 Å². The molecule has 2 heterocycles. The predicted molar refractivity (Wildman–Crippen MR) is 66.8 cm³/mol. The van der Waals surface area contributed by atoms with Gasteiger partial charge in [-0.2, -0.15) is 0 Å². The summed E-state index contributed by atoms with van der Waals surface area (Å²) in [5.41, 5.74) is 5.54. The molecule has 1 amide bonds. The lowest BCUT2D eigenvalue weighted by Gasteiger charge is -2.35. The summed E-state index contributed by atoms with van der Waals surface area (Å²) < 4.78 is 27.9. The smallest absolute Gasteiger partial charge is 0.248 e. The van der Waals surface area contributed by atoms with Crippen LogP contribution in [0.3, 0.4) is 0 Å². The molecular formula is C11H20N2O4S. The third-order valence-corrected chi connectivity index (χ3v) is 5.35. The van der Waals surface area contributed by atoms with Crippen LogP contribution in [0.25, 0.3) is 0 Å². The van der Waals surface area contributed by atoms with Crippen LogP contribution in [0.2, 0.25) is 0 Å². The number of carbonyl (C=O) groups is 1. The Balaban J connectivity index is 1.87. The average molecular weight is 276 g/mol. The van der Waals surface area contributed by atoms with Crippen LogP contribution in [0.1, 0.15) is 12.8 Å². The number of sulfone groups is 1. The largest absolute Gasteiger partial charge is 0.365 e. The minimum atomic E-state index is -2.83. The van der Waals surface area contributed by atoms with Crippen LogP contribution in [0.5, 0.6) is 0 Å². The summed E-state index contributed by atoms with van der Waals surface area (Å²) in [6.45, 7) is 1.66. The number of hydrogen-bond donors (Lipinski definition) is 1. The van der Waals surface area contributed by atoms with E-state index in [4.69, 9.17) is 10.5 Å². The van der Waals surface area contributed by atoms with E-state index >= 15 is 0 Å². The molecule has 2 N–H and O–H groups in total. The Labute approximate surface area is 107 Å². The molecule has 0 spiro atoms. The van der Waals surface area contributed by atoms with E-state index in [-0.39, 0.29) is 36.0 Å². The quantitative estimate of drug-likeness (QED) is 0.714. The van der Waals surface area contributed by atoms with Gasteiger partial charge >= 0.3 is 0 Å². The van der Waals surface area contributed by atoms with Crippen molar-refractivity contribution in [1.29, 1.82) is 0 Å². The molecule has 2 aliphatic heterocycles. The minimum Gasteiger partial charge on any atom is -0.365 e. The van der Waals surface area contributed by atoms with Crippen molar-refractivity contribution in [3.63, 3.8) is 0 Å². The number of amides is 1. The summed E-state index contributed by atoms with van der Waals surface area (Å²) in [6, 6.07) is 0. The fourth-order valence-electron chi connectivity index (χ4n) is 2.43. The van der Waals surface area contributed by atoms with E-state index in [0.717, 1.165) is 0 Å². The van der Waals surface area contributed by atoms with Gasteiger partial charge in [0.2, 0.25) is 5.91 Å². The van der Waals surface area contributed by atoms with Crippen molar-refractivity contribution in [3.05, 3.63) is 0 Å². The van der Waals surface area contributed by atoms with Crippen LogP contribution in [0.4, 0.5) is 0 Å². The lowest BCUT2D eigenvalue weighted by atomic mass is 10.0. The summed E-state index contributed by atoms with van der Waals surface area (Å²) >= 11 is 0. The van der Waals surface area contributed by atoms with Gasteiger partial charge in [-0.1, -0.05) is 0 Å². The molecule has 0 aromatic heterocycles. The van der Waals surface area contributed by atoms with Crippen LogP contribution >= 0.6 is 0 Å². The van der Waals surface area contributed by atoms with E-state index in [2.05, 4.69) is 0 Å². The fourth-order valence-corrected chi connectivity index (χ4v) is 4.02. The van der Waals surface area contributed by atoms with Gasteiger partial charge in [-0.05, 0) is 18.8 Å². The first-order valence-corrected chi connectivity index (χ1v) is 8.12. The van der Waals surface area contributed by atoms with E-state index in [9.17, 15) is 13.2 Å². The number of rotatable bonds is 3. The molecule has 0 bridgehead atoms. The van der Waals surface area contributed by atoms with Gasteiger partial charge in [-0.25, -0.2) is 8.42 Å². The molecule has 0 aliphatic carbocycles. The number of carbonyl (C=O) groups excluding carboxylic acids is 1. The Morgan fingerprint density at radius 2 is 2.00 bits per heavy atom. The summed E-state index contributed by atoms with van der Waals surface area (Å²) in [5, 5.41) is 0. The van der Waals surface area contributed by atoms with Crippen molar-refractivity contribution in [3.8, 4) is 0 Å². The number of morpholine rings is 1. The molecule has 2 fully saturated rings. The predicted octanol–water partition coefficient (Wildman–Crippen LogP) is -1.00. The van der Waals surface area contributed by atoms with Gasteiger partial charge in [-0.15, -0.1) is 0 Å². The molecular weight excluding hydrogens is 256 g/mol.